The minimum Gasteiger partial charge on any atom is -0.508 e. The van der Waals surface area contributed by atoms with E-state index in [0.717, 1.165) is 16.5 Å². The van der Waals surface area contributed by atoms with E-state index in [-0.39, 0.29) is 5.75 Å². The Bertz CT molecular complexity index is 763. The Balaban J connectivity index is 2.14. The number of benzene rings is 2. The van der Waals surface area contributed by atoms with Gasteiger partial charge in [0.05, 0.1) is 11.1 Å². The number of sulfonamides is 1. The molecule has 0 unspecified atom stereocenters. The van der Waals surface area contributed by atoms with Crippen molar-refractivity contribution >= 4 is 21.8 Å². The van der Waals surface area contributed by atoms with E-state index in [9.17, 15) is 13.5 Å². The van der Waals surface area contributed by atoms with Crippen molar-refractivity contribution in [2.45, 2.75) is 13.8 Å². The van der Waals surface area contributed by atoms with Crippen LogP contribution >= 0.6 is 0 Å². The molecule has 21 heavy (non-hydrogen) atoms. The predicted octanol–water partition coefficient (Wildman–Crippen LogP) is 3.42. The maximum Gasteiger partial charge on any atom is 0.255 e. The normalized spacial score (nSPS) is 11.7. The number of aryl methyl sites for hydroxylation is 2. The quantitative estimate of drug-likeness (QED) is 0.909. The van der Waals surface area contributed by atoms with Crippen molar-refractivity contribution in [3.63, 3.8) is 0 Å². The Hall–Kier alpha value is -2.27. The molecular formula is C16H17NO3S. The fraction of sp³-hybridized carbons (Fsp3) is 0.125. The van der Waals surface area contributed by atoms with Crippen LogP contribution in [0.4, 0.5) is 5.69 Å². The summed E-state index contributed by atoms with van der Waals surface area (Å²) in [5.74, 6) is 0.0534. The number of rotatable bonds is 4. The number of phenols is 1. The topological polar surface area (TPSA) is 66.4 Å². The van der Waals surface area contributed by atoms with Gasteiger partial charge < -0.3 is 5.11 Å². The molecule has 2 aromatic carbocycles. The van der Waals surface area contributed by atoms with Gasteiger partial charge in [-0.15, -0.1) is 0 Å². The van der Waals surface area contributed by atoms with Crippen molar-refractivity contribution in [1.82, 2.24) is 0 Å². The highest BCUT2D eigenvalue weighted by Gasteiger charge is 2.07. The van der Waals surface area contributed by atoms with Gasteiger partial charge in [-0.1, -0.05) is 35.9 Å². The molecule has 0 saturated heterocycles. The molecule has 110 valence electrons. The second-order valence-corrected chi connectivity index (χ2v) is 6.43. The van der Waals surface area contributed by atoms with Crippen molar-refractivity contribution in [3.05, 3.63) is 64.6 Å². The van der Waals surface area contributed by atoms with E-state index >= 15 is 0 Å². The molecule has 2 rings (SSSR count). The Morgan fingerprint density at radius 2 is 1.71 bits per heavy atom. The lowest BCUT2D eigenvalue weighted by Crippen LogP contribution is -2.08. The lowest BCUT2D eigenvalue weighted by molar-refractivity contribution is 0.471. The second-order valence-electron chi connectivity index (χ2n) is 4.86. The first-order valence-electron chi connectivity index (χ1n) is 6.43. The molecule has 0 radical (unpaired) electrons. The van der Waals surface area contributed by atoms with Crippen LogP contribution in [0, 0.1) is 13.8 Å². The number of anilines is 1. The maximum absolute atomic E-state index is 12.0. The van der Waals surface area contributed by atoms with Gasteiger partial charge in [0.2, 0.25) is 0 Å². The average Bonchev–Trinajstić information content (AvgIpc) is 2.42. The van der Waals surface area contributed by atoms with Crippen LogP contribution in [0.15, 0.2) is 47.9 Å². The molecule has 5 heteroatoms. The molecular weight excluding hydrogens is 286 g/mol. The SMILES string of the molecule is Cc1ccc(/C=C\S(=O)(=O)Nc2ccc(C)c(O)c2)cc1. The zero-order valence-electron chi connectivity index (χ0n) is 11.9. The van der Waals surface area contributed by atoms with Crippen LogP contribution < -0.4 is 4.72 Å². The monoisotopic (exact) mass is 303 g/mol. The highest BCUT2D eigenvalue weighted by Crippen LogP contribution is 2.21. The molecule has 0 fully saturated rings. The summed E-state index contributed by atoms with van der Waals surface area (Å²) in [5.41, 5.74) is 2.93. The first-order valence-corrected chi connectivity index (χ1v) is 7.97. The number of nitrogens with one attached hydrogen (secondary N) is 1. The summed E-state index contributed by atoms with van der Waals surface area (Å²) in [6, 6.07) is 12.2. The van der Waals surface area contributed by atoms with E-state index < -0.39 is 10.0 Å². The summed E-state index contributed by atoms with van der Waals surface area (Å²) >= 11 is 0. The van der Waals surface area contributed by atoms with E-state index in [0.29, 0.717) is 11.3 Å². The standard InChI is InChI=1S/C16H17NO3S/c1-12-3-6-14(7-4-12)9-10-21(19,20)17-15-8-5-13(2)16(18)11-15/h3-11,17-18H,1-2H3/b10-9-. The summed E-state index contributed by atoms with van der Waals surface area (Å²) in [7, 11) is -3.61. The lowest BCUT2D eigenvalue weighted by Gasteiger charge is -2.06. The fourth-order valence-electron chi connectivity index (χ4n) is 1.72. The summed E-state index contributed by atoms with van der Waals surface area (Å²) in [4.78, 5) is 0. The zero-order chi connectivity index (χ0) is 15.5. The molecule has 0 spiro atoms. The van der Waals surface area contributed by atoms with E-state index in [1.54, 1.807) is 19.1 Å². The average molecular weight is 303 g/mol. The molecule has 0 bridgehead atoms. The van der Waals surface area contributed by atoms with Gasteiger partial charge in [0.15, 0.2) is 0 Å². The molecule has 0 atom stereocenters. The molecule has 0 aromatic heterocycles. The van der Waals surface area contributed by atoms with Gasteiger partial charge in [0, 0.05) is 6.07 Å². The highest BCUT2D eigenvalue weighted by molar-refractivity contribution is 7.95. The van der Waals surface area contributed by atoms with Gasteiger partial charge in [-0.3, -0.25) is 4.72 Å². The van der Waals surface area contributed by atoms with Gasteiger partial charge in [-0.2, -0.15) is 0 Å². The van der Waals surface area contributed by atoms with Crippen molar-refractivity contribution in [2.24, 2.45) is 0 Å². The third-order valence-electron chi connectivity index (χ3n) is 2.99. The first kappa shape index (κ1) is 15.1. The van der Waals surface area contributed by atoms with Crippen LogP contribution in [0.25, 0.3) is 6.08 Å². The van der Waals surface area contributed by atoms with Crippen molar-refractivity contribution < 1.29 is 13.5 Å². The van der Waals surface area contributed by atoms with E-state index in [1.165, 1.54) is 12.1 Å². The minimum absolute atomic E-state index is 0.0534. The van der Waals surface area contributed by atoms with Crippen molar-refractivity contribution in [3.8, 4) is 5.75 Å². The summed E-state index contributed by atoms with van der Waals surface area (Å²) in [6.45, 7) is 3.71. The van der Waals surface area contributed by atoms with Crippen LogP contribution in [0.5, 0.6) is 5.75 Å². The lowest BCUT2D eigenvalue weighted by atomic mass is 10.2. The van der Waals surface area contributed by atoms with Gasteiger partial charge in [-0.05, 0) is 37.1 Å². The molecule has 4 nitrogen and oxygen atoms in total. The number of aromatic hydroxyl groups is 1. The second kappa shape index (κ2) is 6.01. The smallest absolute Gasteiger partial charge is 0.255 e. The maximum atomic E-state index is 12.0. The van der Waals surface area contributed by atoms with Crippen LogP contribution in [-0.2, 0) is 10.0 Å². The predicted molar refractivity (Wildman–Crippen MR) is 85.6 cm³/mol. The van der Waals surface area contributed by atoms with E-state index in [1.807, 2.05) is 31.2 Å². The van der Waals surface area contributed by atoms with Crippen molar-refractivity contribution in [2.75, 3.05) is 4.72 Å². The first-order chi connectivity index (χ1) is 9.85. The van der Waals surface area contributed by atoms with Gasteiger partial charge in [-0.25, -0.2) is 8.42 Å². The van der Waals surface area contributed by atoms with E-state index in [4.69, 9.17) is 0 Å². The number of hydrogen-bond donors (Lipinski definition) is 2. The van der Waals surface area contributed by atoms with Crippen molar-refractivity contribution in [1.29, 1.82) is 0 Å². The zero-order valence-corrected chi connectivity index (χ0v) is 12.7. The van der Waals surface area contributed by atoms with Crippen LogP contribution in [0.2, 0.25) is 0 Å². The molecule has 0 aliphatic rings. The van der Waals surface area contributed by atoms with Crippen LogP contribution in [0.3, 0.4) is 0 Å². The molecule has 0 saturated carbocycles. The van der Waals surface area contributed by atoms with Crippen LogP contribution in [-0.4, -0.2) is 13.5 Å². The largest absolute Gasteiger partial charge is 0.508 e. The Morgan fingerprint density at radius 3 is 2.33 bits per heavy atom. The number of phenolic OH excluding ortho intramolecular Hbond substituents is 1. The molecule has 2 N–H and O–H groups in total. The third-order valence-corrected chi connectivity index (χ3v) is 4.00. The van der Waals surface area contributed by atoms with Gasteiger partial charge in [0.1, 0.15) is 5.75 Å². The Morgan fingerprint density at radius 1 is 1.05 bits per heavy atom. The minimum atomic E-state index is -3.61. The third kappa shape index (κ3) is 4.36. The summed E-state index contributed by atoms with van der Waals surface area (Å²) in [5, 5.41) is 10.7. The Labute approximate surface area is 124 Å². The number of hydrogen-bond acceptors (Lipinski definition) is 3. The Kier molecular flexibility index (Phi) is 4.33. The van der Waals surface area contributed by atoms with E-state index in [2.05, 4.69) is 4.72 Å². The molecule has 2 aromatic rings. The van der Waals surface area contributed by atoms with Gasteiger partial charge in [0.25, 0.3) is 10.0 Å². The molecule has 0 amide bonds. The molecule has 0 heterocycles. The summed E-state index contributed by atoms with van der Waals surface area (Å²) < 4.78 is 26.3. The molecule has 0 aliphatic heterocycles. The highest BCUT2D eigenvalue weighted by atomic mass is 32.2. The molecule has 0 aliphatic carbocycles. The van der Waals surface area contributed by atoms with Gasteiger partial charge >= 0.3 is 0 Å². The summed E-state index contributed by atoms with van der Waals surface area (Å²) in [6.07, 6.45) is 1.52. The fourth-order valence-corrected chi connectivity index (χ4v) is 2.58. The van der Waals surface area contributed by atoms with Crippen LogP contribution in [0.1, 0.15) is 16.7 Å².